The number of esters is 1. The average molecular weight is 324 g/mol. The van der Waals surface area contributed by atoms with Gasteiger partial charge in [-0.25, -0.2) is 4.79 Å². The fourth-order valence-electron chi connectivity index (χ4n) is 1.84. The molecule has 11 nitrogen and oxygen atoms in total. The van der Waals surface area contributed by atoms with Crippen LogP contribution >= 0.6 is 0 Å². The fourth-order valence-corrected chi connectivity index (χ4v) is 1.84. The third kappa shape index (κ3) is 4.11. The van der Waals surface area contributed by atoms with Crippen molar-refractivity contribution in [3.63, 3.8) is 0 Å². The molecule has 6 N–H and O–H groups in total. The molecule has 0 saturated carbocycles. The summed E-state index contributed by atoms with van der Waals surface area (Å²) in [4.78, 5) is 33.0. The molecule has 5 atom stereocenters. The zero-order valence-corrected chi connectivity index (χ0v) is 11.2. The third-order valence-corrected chi connectivity index (χ3v) is 3.02. The second kappa shape index (κ2) is 6.98. The number of carbonyl (C=O) groups excluding carboxylic acids is 1. The Hall–Kier alpha value is -1.79. The highest BCUT2D eigenvalue weighted by Gasteiger charge is 2.46. The van der Waals surface area contributed by atoms with Gasteiger partial charge >= 0.3 is 17.9 Å². The van der Waals surface area contributed by atoms with Crippen molar-refractivity contribution in [2.24, 2.45) is 0 Å². The minimum Gasteiger partial charge on any atom is -0.481 e. The smallest absolute Gasteiger partial charge is 0.336 e. The largest absolute Gasteiger partial charge is 0.481 e. The summed E-state index contributed by atoms with van der Waals surface area (Å²) in [6.45, 7) is -0.662. The normalized spacial score (nSPS) is 30.5. The summed E-state index contributed by atoms with van der Waals surface area (Å²) in [6, 6.07) is 0. The molecule has 2 unspecified atom stereocenters. The van der Waals surface area contributed by atoms with Crippen LogP contribution in [0.25, 0.3) is 0 Å². The van der Waals surface area contributed by atoms with Gasteiger partial charge in [0.05, 0.1) is 19.4 Å². The monoisotopic (exact) mass is 324 g/mol. The zero-order chi connectivity index (χ0) is 17.1. The second-order valence-electron chi connectivity index (χ2n) is 4.78. The molecule has 1 saturated heterocycles. The predicted octanol–water partition coefficient (Wildman–Crippen LogP) is -3.35. The van der Waals surface area contributed by atoms with Crippen LogP contribution in [0.3, 0.4) is 0 Å². The molecule has 1 aliphatic heterocycles. The molecule has 0 amide bonds. The summed E-state index contributed by atoms with van der Waals surface area (Å²) >= 11 is 0. The van der Waals surface area contributed by atoms with E-state index < -0.39 is 67.6 Å². The summed E-state index contributed by atoms with van der Waals surface area (Å²) in [5.74, 6) is -4.94. The first-order chi connectivity index (χ1) is 10.1. The van der Waals surface area contributed by atoms with Crippen molar-refractivity contribution in [3.05, 3.63) is 0 Å². The third-order valence-electron chi connectivity index (χ3n) is 3.02. The predicted molar refractivity (Wildman–Crippen MR) is 63.3 cm³/mol. The van der Waals surface area contributed by atoms with Crippen LogP contribution in [-0.2, 0) is 23.9 Å². The van der Waals surface area contributed by atoms with Crippen LogP contribution in [0.1, 0.15) is 12.8 Å². The van der Waals surface area contributed by atoms with Gasteiger partial charge in [0.1, 0.15) is 18.3 Å². The van der Waals surface area contributed by atoms with Crippen LogP contribution in [0, 0.1) is 0 Å². The van der Waals surface area contributed by atoms with Gasteiger partial charge in [0.15, 0.2) is 5.60 Å². The van der Waals surface area contributed by atoms with E-state index in [-0.39, 0.29) is 0 Å². The van der Waals surface area contributed by atoms with E-state index >= 15 is 0 Å². The second-order valence-corrected chi connectivity index (χ2v) is 4.78. The highest BCUT2D eigenvalue weighted by Crippen LogP contribution is 2.24. The topological polar surface area (TPSA) is 191 Å². The Labute approximate surface area is 123 Å². The van der Waals surface area contributed by atoms with Crippen LogP contribution in [0.5, 0.6) is 0 Å². The molecule has 0 aromatic heterocycles. The molecule has 1 aliphatic rings. The number of aliphatic hydroxyl groups is 4. The zero-order valence-electron chi connectivity index (χ0n) is 11.2. The molecule has 1 heterocycles. The maximum atomic E-state index is 11.6. The van der Waals surface area contributed by atoms with Gasteiger partial charge in [-0.15, -0.1) is 0 Å². The number of carboxylic acids is 2. The first-order valence-electron chi connectivity index (χ1n) is 6.10. The highest BCUT2D eigenvalue weighted by molar-refractivity contribution is 5.88. The molecular formula is C11H16O11. The van der Waals surface area contributed by atoms with Crippen molar-refractivity contribution in [2.45, 2.75) is 43.0 Å². The number of rotatable bonds is 7. The van der Waals surface area contributed by atoms with Gasteiger partial charge in [-0.3, -0.25) is 9.59 Å². The summed E-state index contributed by atoms with van der Waals surface area (Å²) in [6.07, 6.45) is -8.54. The lowest BCUT2D eigenvalue weighted by Gasteiger charge is -2.22. The van der Waals surface area contributed by atoms with E-state index in [1.54, 1.807) is 0 Å². The Bertz CT molecular complexity index is 449. The van der Waals surface area contributed by atoms with Crippen molar-refractivity contribution in [2.75, 3.05) is 6.61 Å². The lowest BCUT2D eigenvalue weighted by atomic mass is 9.96. The van der Waals surface area contributed by atoms with Gasteiger partial charge in [-0.05, 0) is 0 Å². The lowest BCUT2D eigenvalue weighted by Crippen LogP contribution is -2.44. The minimum absolute atomic E-state index is 0.662. The summed E-state index contributed by atoms with van der Waals surface area (Å²) in [5.41, 5.74) is -2.89. The Kier molecular flexibility index (Phi) is 5.79. The van der Waals surface area contributed by atoms with Gasteiger partial charge in [0.2, 0.25) is 6.29 Å². The minimum atomic E-state index is -2.89. The van der Waals surface area contributed by atoms with Gasteiger partial charge in [0.25, 0.3) is 0 Å². The van der Waals surface area contributed by atoms with E-state index in [0.717, 1.165) is 0 Å². The van der Waals surface area contributed by atoms with Crippen LogP contribution in [-0.4, -0.2) is 85.4 Å². The van der Waals surface area contributed by atoms with E-state index in [9.17, 15) is 29.7 Å². The Morgan fingerprint density at radius 1 is 1.09 bits per heavy atom. The van der Waals surface area contributed by atoms with E-state index in [4.69, 9.17) is 20.1 Å². The van der Waals surface area contributed by atoms with Gasteiger partial charge in [-0.1, -0.05) is 0 Å². The summed E-state index contributed by atoms with van der Waals surface area (Å²) < 4.78 is 9.38. The number of carbonyl (C=O) groups is 3. The number of hydrogen-bond acceptors (Lipinski definition) is 9. The fraction of sp³-hybridized carbons (Fsp3) is 0.727. The van der Waals surface area contributed by atoms with E-state index in [0.29, 0.717) is 0 Å². The number of hydrogen-bond donors (Lipinski definition) is 6. The number of carboxylic acid groups (broad SMARTS) is 2. The first-order valence-corrected chi connectivity index (χ1v) is 6.10. The lowest BCUT2D eigenvalue weighted by molar-refractivity contribution is -0.197. The number of aliphatic carboxylic acids is 2. The molecule has 0 bridgehead atoms. The van der Waals surface area contributed by atoms with Crippen LogP contribution in [0.4, 0.5) is 0 Å². The molecule has 0 aromatic carbocycles. The molecule has 126 valence electrons. The molecule has 22 heavy (non-hydrogen) atoms. The SMILES string of the molecule is O=C(O)CC(O)(CC(=O)OC1O[C@H](CO)[C@@H](O)[C@H]1O)C(=O)O. The Morgan fingerprint density at radius 3 is 2.09 bits per heavy atom. The van der Waals surface area contributed by atoms with Crippen molar-refractivity contribution < 1.29 is 54.5 Å². The standard InChI is InChI=1S/C11H16O11/c12-3-4-7(16)8(17)9(21-4)22-6(15)2-11(20,10(18)19)1-5(13)14/h4,7-9,12,16-17,20H,1-3H2,(H,13,14)(H,18,19)/t4-,7-,8-,9?,11?/m1/s1. The maximum Gasteiger partial charge on any atom is 0.336 e. The maximum absolute atomic E-state index is 11.6. The van der Waals surface area contributed by atoms with Gasteiger partial charge < -0.3 is 40.1 Å². The Morgan fingerprint density at radius 2 is 1.68 bits per heavy atom. The van der Waals surface area contributed by atoms with Crippen LogP contribution in [0.2, 0.25) is 0 Å². The summed E-state index contributed by atoms with van der Waals surface area (Å²) in [5, 5.41) is 54.8. The molecule has 0 spiro atoms. The van der Waals surface area contributed by atoms with E-state index in [1.165, 1.54) is 0 Å². The van der Waals surface area contributed by atoms with Crippen LogP contribution < -0.4 is 0 Å². The molecule has 0 radical (unpaired) electrons. The van der Waals surface area contributed by atoms with Gasteiger partial charge in [0, 0.05) is 0 Å². The van der Waals surface area contributed by atoms with Crippen molar-refractivity contribution in [1.82, 2.24) is 0 Å². The Balaban J connectivity index is 2.69. The number of ether oxygens (including phenoxy) is 2. The van der Waals surface area contributed by atoms with Crippen molar-refractivity contribution >= 4 is 17.9 Å². The van der Waals surface area contributed by atoms with E-state index in [1.807, 2.05) is 0 Å². The summed E-state index contributed by atoms with van der Waals surface area (Å²) in [7, 11) is 0. The highest BCUT2D eigenvalue weighted by atomic mass is 16.7. The molecule has 1 rings (SSSR count). The molecular weight excluding hydrogens is 308 g/mol. The molecule has 1 fully saturated rings. The average Bonchev–Trinajstić information content (AvgIpc) is 2.65. The molecule has 11 heteroatoms. The van der Waals surface area contributed by atoms with Crippen molar-refractivity contribution in [1.29, 1.82) is 0 Å². The number of aliphatic hydroxyl groups excluding tert-OH is 3. The quantitative estimate of drug-likeness (QED) is 0.256. The first kappa shape index (κ1) is 18.3. The van der Waals surface area contributed by atoms with Crippen LogP contribution in [0.15, 0.2) is 0 Å². The van der Waals surface area contributed by atoms with Crippen molar-refractivity contribution in [3.8, 4) is 0 Å². The van der Waals surface area contributed by atoms with E-state index in [2.05, 4.69) is 4.74 Å². The molecule has 0 aromatic rings. The molecule has 0 aliphatic carbocycles. The van der Waals surface area contributed by atoms with Gasteiger partial charge in [-0.2, -0.15) is 0 Å².